The summed E-state index contributed by atoms with van der Waals surface area (Å²) in [5, 5.41) is 3.12. The number of amides is 2. The molecular formula is C15H21N3O2S. The van der Waals surface area contributed by atoms with Crippen LogP contribution in [-0.2, 0) is 9.59 Å². The Labute approximate surface area is 129 Å². The second-order valence-corrected chi connectivity index (χ2v) is 6.75. The third-order valence-corrected chi connectivity index (χ3v) is 5.42. The van der Waals surface area contributed by atoms with Crippen LogP contribution in [0.1, 0.15) is 37.1 Å². The van der Waals surface area contributed by atoms with Crippen LogP contribution >= 0.6 is 11.3 Å². The molecule has 0 bridgehead atoms. The maximum atomic E-state index is 12.7. The summed E-state index contributed by atoms with van der Waals surface area (Å²) in [5.41, 5.74) is 0. The monoisotopic (exact) mass is 307 g/mol. The minimum Gasteiger partial charge on any atom is -0.342 e. The van der Waals surface area contributed by atoms with E-state index >= 15 is 0 Å². The summed E-state index contributed by atoms with van der Waals surface area (Å²) in [6.45, 7) is 4.82. The van der Waals surface area contributed by atoms with Crippen molar-refractivity contribution in [3.8, 4) is 0 Å². The Morgan fingerprint density at radius 2 is 2.33 bits per heavy atom. The van der Waals surface area contributed by atoms with Crippen LogP contribution in [0.4, 0.5) is 0 Å². The number of thiazole rings is 1. The minimum absolute atomic E-state index is 0.115. The van der Waals surface area contributed by atoms with E-state index < -0.39 is 0 Å². The maximum absolute atomic E-state index is 12.7. The first-order valence-corrected chi connectivity index (χ1v) is 8.53. The van der Waals surface area contributed by atoms with Crippen LogP contribution in [-0.4, -0.2) is 52.8 Å². The van der Waals surface area contributed by atoms with Gasteiger partial charge in [-0.3, -0.25) is 9.59 Å². The van der Waals surface area contributed by atoms with Gasteiger partial charge in [-0.15, -0.1) is 11.3 Å². The topological polar surface area (TPSA) is 53.5 Å². The highest BCUT2D eigenvalue weighted by molar-refractivity contribution is 7.09. The molecule has 0 aliphatic carbocycles. The standard InChI is InChI=1S/C15H21N3O2S/c1-2-17-10-12(8-13(17)19)15(20)18-6-3-4-11(9-18)14-16-5-7-21-14/h5,7,11-12H,2-4,6,8-10H2,1H3/t11-,12+/m0/s1. The highest BCUT2D eigenvalue weighted by atomic mass is 32.1. The van der Waals surface area contributed by atoms with Gasteiger partial charge in [0, 0.05) is 50.1 Å². The van der Waals surface area contributed by atoms with Crippen molar-refractivity contribution in [2.75, 3.05) is 26.2 Å². The van der Waals surface area contributed by atoms with Gasteiger partial charge in [0.2, 0.25) is 11.8 Å². The highest BCUT2D eigenvalue weighted by Gasteiger charge is 2.37. The number of carbonyl (C=O) groups excluding carboxylic acids is 2. The van der Waals surface area contributed by atoms with Crippen molar-refractivity contribution in [2.24, 2.45) is 5.92 Å². The zero-order valence-electron chi connectivity index (χ0n) is 12.3. The van der Waals surface area contributed by atoms with E-state index in [0.717, 1.165) is 30.9 Å². The van der Waals surface area contributed by atoms with Crippen molar-refractivity contribution < 1.29 is 9.59 Å². The van der Waals surface area contributed by atoms with Crippen LogP contribution in [0.15, 0.2) is 11.6 Å². The van der Waals surface area contributed by atoms with Gasteiger partial charge in [-0.1, -0.05) is 0 Å². The third-order valence-electron chi connectivity index (χ3n) is 4.48. The molecule has 21 heavy (non-hydrogen) atoms. The summed E-state index contributed by atoms with van der Waals surface area (Å²) >= 11 is 1.67. The number of likely N-dealkylation sites (tertiary alicyclic amines) is 2. The molecule has 2 aliphatic heterocycles. The molecule has 114 valence electrons. The summed E-state index contributed by atoms with van der Waals surface area (Å²) < 4.78 is 0. The molecule has 0 unspecified atom stereocenters. The summed E-state index contributed by atoms with van der Waals surface area (Å²) in [6, 6.07) is 0. The van der Waals surface area contributed by atoms with Gasteiger partial charge < -0.3 is 9.80 Å². The van der Waals surface area contributed by atoms with Crippen molar-refractivity contribution in [1.82, 2.24) is 14.8 Å². The number of hydrogen-bond acceptors (Lipinski definition) is 4. The third kappa shape index (κ3) is 2.95. The number of aromatic nitrogens is 1. The van der Waals surface area contributed by atoms with E-state index in [1.54, 1.807) is 16.2 Å². The van der Waals surface area contributed by atoms with E-state index in [-0.39, 0.29) is 17.7 Å². The van der Waals surface area contributed by atoms with Crippen molar-refractivity contribution in [3.05, 3.63) is 16.6 Å². The molecule has 1 aromatic heterocycles. The van der Waals surface area contributed by atoms with E-state index in [2.05, 4.69) is 4.98 Å². The van der Waals surface area contributed by atoms with Gasteiger partial charge in [-0.25, -0.2) is 4.98 Å². The molecule has 5 nitrogen and oxygen atoms in total. The van der Waals surface area contributed by atoms with Crippen LogP contribution in [0, 0.1) is 5.92 Å². The Hall–Kier alpha value is -1.43. The summed E-state index contributed by atoms with van der Waals surface area (Å²) in [5.74, 6) is 0.486. The number of piperidine rings is 1. The SMILES string of the molecule is CCN1C[C@H](C(=O)N2CCC[C@H](c3nccs3)C2)CC1=O. The number of hydrogen-bond donors (Lipinski definition) is 0. The van der Waals surface area contributed by atoms with Gasteiger partial charge in [0.15, 0.2) is 0 Å². The summed E-state index contributed by atoms with van der Waals surface area (Å²) in [7, 11) is 0. The summed E-state index contributed by atoms with van der Waals surface area (Å²) in [6.07, 6.45) is 4.33. The smallest absolute Gasteiger partial charge is 0.228 e. The Morgan fingerprint density at radius 1 is 1.48 bits per heavy atom. The Kier molecular flexibility index (Phi) is 4.24. The lowest BCUT2D eigenvalue weighted by Gasteiger charge is -2.33. The molecule has 0 aromatic carbocycles. The molecule has 2 fully saturated rings. The number of carbonyl (C=O) groups is 2. The van der Waals surface area contributed by atoms with E-state index in [1.807, 2.05) is 23.4 Å². The normalized spacial score (nSPS) is 26.4. The van der Waals surface area contributed by atoms with Crippen LogP contribution < -0.4 is 0 Å². The molecule has 2 saturated heterocycles. The van der Waals surface area contributed by atoms with E-state index in [9.17, 15) is 9.59 Å². The second kappa shape index (κ2) is 6.13. The minimum atomic E-state index is -0.146. The molecule has 2 atom stereocenters. The molecule has 2 amide bonds. The predicted molar refractivity (Wildman–Crippen MR) is 81.0 cm³/mol. The molecule has 3 heterocycles. The average Bonchev–Trinajstić information content (AvgIpc) is 3.16. The average molecular weight is 307 g/mol. The van der Waals surface area contributed by atoms with Gasteiger partial charge in [0.25, 0.3) is 0 Å². The lowest BCUT2D eigenvalue weighted by Crippen LogP contribution is -2.43. The van der Waals surface area contributed by atoms with E-state index in [4.69, 9.17) is 0 Å². The van der Waals surface area contributed by atoms with Crippen LogP contribution in [0.25, 0.3) is 0 Å². The molecule has 0 spiro atoms. The van der Waals surface area contributed by atoms with Gasteiger partial charge in [-0.2, -0.15) is 0 Å². The fraction of sp³-hybridized carbons (Fsp3) is 0.667. The van der Waals surface area contributed by atoms with Gasteiger partial charge in [0.1, 0.15) is 0 Å². The Bertz CT molecular complexity index is 517. The van der Waals surface area contributed by atoms with Crippen molar-refractivity contribution >= 4 is 23.2 Å². The predicted octanol–water partition coefficient (Wildman–Crippen LogP) is 1.72. The van der Waals surface area contributed by atoms with Gasteiger partial charge >= 0.3 is 0 Å². The highest BCUT2D eigenvalue weighted by Crippen LogP contribution is 2.30. The zero-order valence-corrected chi connectivity index (χ0v) is 13.1. The fourth-order valence-corrected chi connectivity index (χ4v) is 4.08. The first-order valence-electron chi connectivity index (χ1n) is 7.65. The quantitative estimate of drug-likeness (QED) is 0.854. The molecule has 0 N–H and O–H groups in total. The molecular weight excluding hydrogens is 286 g/mol. The lowest BCUT2D eigenvalue weighted by atomic mass is 9.96. The molecule has 0 radical (unpaired) electrons. The largest absolute Gasteiger partial charge is 0.342 e. The van der Waals surface area contributed by atoms with Gasteiger partial charge in [0.05, 0.1) is 10.9 Å². The zero-order chi connectivity index (χ0) is 14.8. The Balaban J connectivity index is 1.64. The molecule has 0 saturated carbocycles. The van der Waals surface area contributed by atoms with Crippen molar-refractivity contribution in [1.29, 1.82) is 0 Å². The lowest BCUT2D eigenvalue weighted by molar-refractivity contribution is -0.137. The maximum Gasteiger partial charge on any atom is 0.228 e. The first kappa shape index (κ1) is 14.5. The second-order valence-electron chi connectivity index (χ2n) is 5.83. The van der Waals surface area contributed by atoms with Crippen LogP contribution in [0.5, 0.6) is 0 Å². The molecule has 6 heteroatoms. The molecule has 1 aromatic rings. The Morgan fingerprint density at radius 3 is 3.00 bits per heavy atom. The first-order chi connectivity index (χ1) is 10.2. The molecule has 3 rings (SSSR count). The van der Waals surface area contributed by atoms with Crippen molar-refractivity contribution in [2.45, 2.75) is 32.1 Å². The summed E-state index contributed by atoms with van der Waals surface area (Å²) in [4.78, 5) is 32.6. The van der Waals surface area contributed by atoms with E-state index in [0.29, 0.717) is 25.4 Å². The van der Waals surface area contributed by atoms with E-state index in [1.165, 1.54) is 0 Å². The number of rotatable bonds is 3. The number of nitrogens with zero attached hydrogens (tertiary/aromatic N) is 3. The fourth-order valence-electron chi connectivity index (χ4n) is 3.32. The molecule has 2 aliphatic rings. The van der Waals surface area contributed by atoms with Gasteiger partial charge in [-0.05, 0) is 19.8 Å². The van der Waals surface area contributed by atoms with Crippen LogP contribution in [0.3, 0.4) is 0 Å². The van der Waals surface area contributed by atoms with Crippen LogP contribution in [0.2, 0.25) is 0 Å². The van der Waals surface area contributed by atoms with Crippen molar-refractivity contribution in [3.63, 3.8) is 0 Å².